The third kappa shape index (κ3) is 3.81. The lowest BCUT2D eigenvalue weighted by Gasteiger charge is -2.23. The highest BCUT2D eigenvalue weighted by Gasteiger charge is 2.31. The maximum absolute atomic E-state index is 13.3. The first-order chi connectivity index (χ1) is 12.0. The van der Waals surface area contributed by atoms with Gasteiger partial charge in [-0.1, -0.05) is 12.8 Å². The van der Waals surface area contributed by atoms with Crippen molar-refractivity contribution in [2.75, 3.05) is 0 Å². The molecule has 1 saturated carbocycles. The van der Waals surface area contributed by atoms with Crippen molar-refractivity contribution in [2.24, 2.45) is 13.0 Å². The molecule has 3 rings (SSSR count). The molecule has 134 valence electrons. The van der Waals surface area contributed by atoms with Crippen LogP contribution in [0.3, 0.4) is 0 Å². The van der Waals surface area contributed by atoms with Crippen LogP contribution in [0.25, 0.3) is 11.0 Å². The van der Waals surface area contributed by atoms with Crippen LogP contribution in [0.2, 0.25) is 0 Å². The second-order valence-corrected chi connectivity index (χ2v) is 6.66. The van der Waals surface area contributed by atoms with E-state index in [1.807, 2.05) is 11.6 Å². The van der Waals surface area contributed by atoms with Crippen LogP contribution in [-0.4, -0.2) is 27.4 Å². The molecule has 0 spiro atoms. The number of carbonyl (C=O) groups excluding carboxylic acids is 2. The Morgan fingerprint density at radius 2 is 2.08 bits per heavy atom. The van der Waals surface area contributed by atoms with Crippen molar-refractivity contribution in [3.8, 4) is 0 Å². The number of hydrogen-bond acceptors (Lipinski definition) is 3. The van der Waals surface area contributed by atoms with E-state index in [0.717, 1.165) is 31.2 Å². The normalized spacial score (nSPS) is 16.1. The molecule has 1 aromatic heterocycles. The number of halogens is 1. The molecule has 1 atom stereocenters. The highest BCUT2D eigenvalue weighted by Crippen LogP contribution is 2.28. The third-order valence-electron chi connectivity index (χ3n) is 4.87. The summed E-state index contributed by atoms with van der Waals surface area (Å²) in [5.74, 6) is 0.0825. The lowest BCUT2D eigenvalue weighted by atomic mass is 9.97. The van der Waals surface area contributed by atoms with E-state index in [1.165, 1.54) is 19.1 Å². The molecule has 2 N–H and O–H groups in total. The van der Waals surface area contributed by atoms with Crippen LogP contribution in [0.5, 0.6) is 0 Å². The minimum absolute atomic E-state index is 0.179. The molecule has 25 heavy (non-hydrogen) atoms. The van der Waals surface area contributed by atoms with Gasteiger partial charge in [0.1, 0.15) is 17.7 Å². The number of hydrogen-bond donors (Lipinski definition) is 2. The molecule has 1 heterocycles. The van der Waals surface area contributed by atoms with Crippen LogP contribution in [0.1, 0.15) is 38.4 Å². The minimum Gasteiger partial charge on any atom is -0.347 e. The molecule has 7 heteroatoms. The minimum atomic E-state index is -0.507. The predicted molar refractivity (Wildman–Crippen MR) is 92.1 cm³/mol. The summed E-state index contributed by atoms with van der Waals surface area (Å²) in [7, 11) is 1.83. The zero-order chi connectivity index (χ0) is 18.0. The van der Waals surface area contributed by atoms with Gasteiger partial charge < -0.3 is 15.2 Å². The second-order valence-electron chi connectivity index (χ2n) is 6.66. The SMILES string of the molecule is CC(=O)NC(C(=O)NCc1nc2cc(F)ccc2n1C)C1CCCC1. The Morgan fingerprint density at radius 1 is 1.36 bits per heavy atom. The van der Waals surface area contributed by atoms with E-state index in [4.69, 9.17) is 0 Å². The smallest absolute Gasteiger partial charge is 0.243 e. The van der Waals surface area contributed by atoms with Gasteiger partial charge in [0.25, 0.3) is 0 Å². The van der Waals surface area contributed by atoms with Gasteiger partial charge >= 0.3 is 0 Å². The second kappa shape index (κ2) is 7.21. The van der Waals surface area contributed by atoms with E-state index in [0.29, 0.717) is 11.3 Å². The van der Waals surface area contributed by atoms with Gasteiger partial charge in [0.2, 0.25) is 11.8 Å². The summed E-state index contributed by atoms with van der Waals surface area (Å²) in [5.41, 5.74) is 1.36. The first-order valence-electron chi connectivity index (χ1n) is 8.61. The zero-order valence-electron chi connectivity index (χ0n) is 14.5. The number of imidazole rings is 1. The number of nitrogens with one attached hydrogen (secondary N) is 2. The number of rotatable bonds is 5. The quantitative estimate of drug-likeness (QED) is 0.870. The van der Waals surface area contributed by atoms with Crippen LogP contribution in [0.4, 0.5) is 4.39 Å². The molecule has 1 aliphatic carbocycles. The fourth-order valence-corrected chi connectivity index (χ4v) is 3.56. The summed E-state index contributed by atoms with van der Waals surface area (Å²) >= 11 is 0. The van der Waals surface area contributed by atoms with Crippen molar-refractivity contribution in [3.63, 3.8) is 0 Å². The summed E-state index contributed by atoms with van der Waals surface area (Å²) in [6.45, 7) is 1.66. The number of amides is 2. The fraction of sp³-hybridized carbons (Fsp3) is 0.500. The lowest BCUT2D eigenvalue weighted by molar-refractivity contribution is -0.129. The van der Waals surface area contributed by atoms with Crippen LogP contribution in [-0.2, 0) is 23.2 Å². The fourth-order valence-electron chi connectivity index (χ4n) is 3.56. The molecule has 1 aliphatic rings. The molecule has 0 bridgehead atoms. The Kier molecular flexibility index (Phi) is 5.01. The number of carbonyl (C=O) groups is 2. The Balaban J connectivity index is 1.71. The number of nitrogens with zero attached hydrogens (tertiary/aromatic N) is 2. The van der Waals surface area contributed by atoms with E-state index in [2.05, 4.69) is 15.6 Å². The Labute approximate surface area is 145 Å². The van der Waals surface area contributed by atoms with Crippen LogP contribution in [0, 0.1) is 11.7 Å². The van der Waals surface area contributed by atoms with Crippen molar-refractivity contribution in [1.29, 1.82) is 0 Å². The molecular weight excluding hydrogens is 323 g/mol. The van der Waals surface area contributed by atoms with Crippen LogP contribution < -0.4 is 10.6 Å². The van der Waals surface area contributed by atoms with E-state index in [1.54, 1.807) is 6.07 Å². The average Bonchev–Trinajstić information content (AvgIpc) is 3.18. The van der Waals surface area contributed by atoms with Gasteiger partial charge in [-0.15, -0.1) is 0 Å². The molecule has 1 fully saturated rings. The van der Waals surface area contributed by atoms with Crippen molar-refractivity contribution in [1.82, 2.24) is 20.2 Å². The van der Waals surface area contributed by atoms with Gasteiger partial charge in [-0.25, -0.2) is 9.37 Å². The van der Waals surface area contributed by atoms with Crippen LogP contribution in [0.15, 0.2) is 18.2 Å². The Morgan fingerprint density at radius 3 is 2.76 bits per heavy atom. The van der Waals surface area contributed by atoms with Gasteiger partial charge in [-0.05, 0) is 30.9 Å². The molecule has 2 aromatic rings. The molecule has 1 unspecified atom stereocenters. The van der Waals surface area contributed by atoms with Crippen molar-refractivity contribution in [2.45, 2.75) is 45.2 Å². The standard InChI is InChI=1S/C18H23FN4O2/c1-11(24)21-17(12-5-3-4-6-12)18(25)20-10-16-22-14-9-13(19)7-8-15(14)23(16)2/h7-9,12,17H,3-6,10H2,1-2H3,(H,20,25)(H,21,24). The first-order valence-corrected chi connectivity index (χ1v) is 8.61. The van der Waals surface area contributed by atoms with Gasteiger partial charge in [0.05, 0.1) is 17.6 Å². The van der Waals surface area contributed by atoms with Gasteiger partial charge in [-0.2, -0.15) is 0 Å². The summed E-state index contributed by atoms with van der Waals surface area (Å²) < 4.78 is 15.2. The summed E-state index contributed by atoms with van der Waals surface area (Å²) in [6, 6.07) is 3.92. The maximum Gasteiger partial charge on any atom is 0.243 e. The third-order valence-corrected chi connectivity index (χ3v) is 4.87. The topological polar surface area (TPSA) is 76.0 Å². The monoisotopic (exact) mass is 346 g/mol. The molecule has 0 radical (unpaired) electrons. The molecule has 0 saturated heterocycles. The van der Waals surface area contributed by atoms with Gasteiger partial charge in [0.15, 0.2) is 0 Å². The first kappa shape index (κ1) is 17.4. The van der Waals surface area contributed by atoms with E-state index in [-0.39, 0.29) is 30.1 Å². The maximum atomic E-state index is 13.3. The van der Waals surface area contributed by atoms with Gasteiger partial charge in [-0.3, -0.25) is 9.59 Å². The molecular formula is C18H23FN4O2. The summed E-state index contributed by atoms with van der Waals surface area (Å²) in [5, 5.41) is 5.65. The molecule has 6 nitrogen and oxygen atoms in total. The number of fused-ring (bicyclic) bond motifs is 1. The predicted octanol–water partition coefficient (Wildman–Crippen LogP) is 2.02. The number of benzene rings is 1. The Bertz CT molecular complexity index is 796. The summed E-state index contributed by atoms with van der Waals surface area (Å²) in [6.07, 6.45) is 4.07. The molecule has 1 aromatic carbocycles. The van der Waals surface area contributed by atoms with E-state index >= 15 is 0 Å². The zero-order valence-corrected chi connectivity index (χ0v) is 14.5. The van der Waals surface area contributed by atoms with Crippen molar-refractivity contribution < 1.29 is 14.0 Å². The van der Waals surface area contributed by atoms with E-state index in [9.17, 15) is 14.0 Å². The van der Waals surface area contributed by atoms with Gasteiger partial charge in [0, 0.05) is 20.0 Å². The summed E-state index contributed by atoms with van der Waals surface area (Å²) in [4.78, 5) is 28.4. The van der Waals surface area contributed by atoms with Crippen LogP contribution >= 0.6 is 0 Å². The van der Waals surface area contributed by atoms with Crippen molar-refractivity contribution >= 4 is 22.8 Å². The highest BCUT2D eigenvalue weighted by atomic mass is 19.1. The Hall–Kier alpha value is -2.44. The average molecular weight is 346 g/mol. The number of aryl methyl sites for hydroxylation is 1. The van der Waals surface area contributed by atoms with Crippen molar-refractivity contribution in [3.05, 3.63) is 29.8 Å². The lowest BCUT2D eigenvalue weighted by Crippen LogP contribution is -2.49. The molecule has 2 amide bonds. The largest absolute Gasteiger partial charge is 0.347 e. The highest BCUT2D eigenvalue weighted by molar-refractivity contribution is 5.87. The number of aromatic nitrogens is 2. The molecule has 0 aliphatic heterocycles. The van der Waals surface area contributed by atoms with E-state index < -0.39 is 6.04 Å².